The average Bonchev–Trinajstić information content (AvgIpc) is 3.02. The van der Waals surface area contributed by atoms with Crippen LogP contribution >= 0.6 is 15.9 Å². The Morgan fingerprint density at radius 2 is 2.09 bits per heavy atom. The molecule has 124 valence electrons. The molecule has 0 saturated carbocycles. The number of halogens is 1. The van der Waals surface area contributed by atoms with Gasteiger partial charge in [0.2, 0.25) is 5.91 Å². The number of nitro groups is 1. The summed E-state index contributed by atoms with van der Waals surface area (Å²) in [5, 5.41) is 19.2. The predicted molar refractivity (Wildman–Crippen MR) is 85.7 cm³/mol. The normalized spacial score (nSPS) is 10.8. The summed E-state index contributed by atoms with van der Waals surface area (Å²) in [7, 11) is 1.66. The zero-order valence-corrected chi connectivity index (χ0v) is 14.6. The SMILES string of the molecule is CCn1cc(Br)c(CN(C)C(=O)Cn2cc([N+](=O)[O-])c(C)n2)n1. The Labute approximate surface area is 141 Å². The predicted octanol–water partition coefficient (Wildman–Crippen LogP) is 1.74. The molecule has 0 aliphatic carbocycles. The Bertz CT molecular complexity index is 738. The van der Waals surface area contributed by atoms with E-state index in [9.17, 15) is 14.9 Å². The molecule has 0 unspecified atom stereocenters. The average molecular weight is 385 g/mol. The van der Waals surface area contributed by atoms with Gasteiger partial charge in [-0.2, -0.15) is 10.2 Å². The van der Waals surface area contributed by atoms with Gasteiger partial charge >= 0.3 is 5.69 Å². The number of likely N-dealkylation sites (N-methyl/N-ethyl adjacent to an activating group) is 1. The van der Waals surface area contributed by atoms with Crippen LogP contribution in [0.4, 0.5) is 5.69 Å². The van der Waals surface area contributed by atoms with Crippen LogP contribution in [0.15, 0.2) is 16.9 Å². The van der Waals surface area contributed by atoms with Gasteiger partial charge in [0.15, 0.2) is 0 Å². The number of carbonyl (C=O) groups excluding carboxylic acids is 1. The van der Waals surface area contributed by atoms with Gasteiger partial charge in [0.25, 0.3) is 0 Å². The second-order valence-corrected chi connectivity index (χ2v) is 5.94. The van der Waals surface area contributed by atoms with E-state index in [0.29, 0.717) is 6.54 Å². The van der Waals surface area contributed by atoms with Gasteiger partial charge in [0.05, 0.1) is 21.6 Å². The molecule has 2 rings (SSSR count). The van der Waals surface area contributed by atoms with Gasteiger partial charge < -0.3 is 4.90 Å². The molecule has 0 aromatic carbocycles. The van der Waals surface area contributed by atoms with E-state index in [4.69, 9.17) is 0 Å². The fourth-order valence-corrected chi connectivity index (χ4v) is 2.49. The maximum Gasteiger partial charge on any atom is 0.309 e. The second-order valence-electron chi connectivity index (χ2n) is 5.08. The fraction of sp³-hybridized carbons (Fsp3) is 0.462. The highest BCUT2D eigenvalue weighted by atomic mass is 79.9. The van der Waals surface area contributed by atoms with Crippen molar-refractivity contribution in [2.24, 2.45) is 0 Å². The number of hydrogen-bond donors (Lipinski definition) is 0. The van der Waals surface area contributed by atoms with Crippen LogP contribution in [0.3, 0.4) is 0 Å². The van der Waals surface area contributed by atoms with Crippen molar-refractivity contribution in [2.75, 3.05) is 7.05 Å². The molecule has 0 N–H and O–H groups in total. The van der Waals surface area contributed by atoms with Crippen LogP contribution < -0.4 is 0 Å². The van der Waals surface area contributed by atoms with E-state index in [1.807, 2.05) is 13.1 Å². The first kappa shape index (κ1) is 17.1. The van der Waals surface area contributed by atoms with Crippen molar-refractivity contribution in [3.63, 3.8) is 0 Å². The van der Waals surface area contributed by atoms with E-state index in [-0.39, 0.29) is 23.8 Å². The number of carbonyl (C=O) groups is 1. The Balaban J connectivity index is 2.03. The molecule has 2 aromatic heterocycles. The second kappa shape index (κ2) is 6.90. The van der Waals surface area contributed by atoms with Crippen LogP contribution in [-0.4, -0.2) is 42.3 Å². The number of amides is 1. The molecule has 1 amide bonds. The van der Waals surface area contributed by atoms with Crippen LogP contribution in [0.1, 0.15) is 18.3 Å². The highest BCUT2D eigenvalue weighted by molar-refractivity contribution is 9.10. The van der Waals surface area contributed by atoms with Crippen molar-refractivity contribution >= 4 is 27.5 Å². The van der Waals surface area contributed by atoms with Crippen molar-refractivity contribution in [3.8, 4) is 0 Å². The van der Waals surface area contributed by atoms with Crippen molar-refractivity contribution in [1.82, 2.24) is 24.5 Å². The highest BCUT2D eigenvalue weighted by Crippen LogP contribution is 2.17. The zero-order valence-electron chi connectivity index (χ0n) is 13.1. The lowest BCUT2D eigenvalue weighted by atomic mass is 10.4. The molecule has 2 heterocycles. The fourth-order valence-electron chi connectivity index (χ4n) is 2.05. The van der Waals surface area contributed by atoms with Crippen molar-refractivity contribution in [3.05, 3.63) is 38.4 Å². The zero-order chi connectivity index (χ0) is 17.1. The Hall–Kier alpha value is -2.23. The van der Waals surface area contributed by atoms with Crippen LogP contribution in [-0.2, 0) is 24.4 Å². The standard InChI is InChI=1S/C13H17BrN6O3/c1-4-18-5-10(14)11(16-18)6-17(3)13(21)8-19-7-12(20(22)23)9(2)15-19/h5,7H,4,6,8H2,1-3H3. The molecule has 9 nitrogen and oxygen atoms in total. The molecule has 0 aliphatic heterocycles. The minimum Gasteiger partial charge on any atom is -0.338 e. The number of rotatable bonds is 6. The number of aromatic nitrogens is 4. The molecule has 0 fully saturated rings. The van der Waals surface area contributed by atoms with E-state index < -0.39 is 4.92 Å². The minimum absolute atomic E-state index is 0.0582. The van der Waals surface area contributed by atoms with E-state index in [2.05, 4.69) is 26.1 Å². The van der Waals surface area contributed by atoms with Gasteiger partial charge in [-0.15, -0.1) is 0 Å². The molecule has 0 spiro atoms. The van der Waals surface area contributed by atoms with Crippen molar-refractivity contribution in [2.45, 2.75) is 33.5 Å². The van der Waals surface area contributed by atoms with Crippen LogP contribution in [0.5, 0.6) is 0 Å². The van der Waals surface area contributed by atoms with E-state index >= 15 is 0 Å². The van der Waals surface area contributed by atoms with Crippen LogP contribution in [0.2, 0.25) is 0 Å². The molecule has 0 atom stereocenters. The van der Waals surface area contributed by atoms with Crippen molar-refractivity contribution < 1.29 is 9.72 Å². The van der Waals surface area contributed by atoms with E-state index in [0.717, 1.165) is 16.7 Å². The molecular weight excluding hydrogens is 368 g/mol. The summed E-state index contributed by atoms with van der Waals surface area (Å²) in [6, 6.07) is 0. The van der Waals surface area contributed by atoms with E-state index in [1.54, 1.807) is 11.7 Å². The van der Waals surface area contributed by atoms with Gasteiger partial charge in [-0.05, 0) is 29.8 Å². The molecule has 23 heavy (non-hydrogen) atoms. The lowest BCUT2D eigenvalue weighted by Gasteiger charge is -2.16. The number of aryl methyl sites for hydroxylation is 2. The smallest absolute Gasteiger partial charge is 0.309 e. The summed E-state index contributed by atoms with van der Waals surface area (Å²) < 4.78 is 3.90. The van der Waals surface area contributed by atoms with Crippen LogP contribution in [0.25, 0.3) is 0 Å². The summed E-state index contributed by atoms with van der Waals surface area (Å²) in [4.78, 5) is 24.0. The van der Waals surface area contributed by atoms with Gasteiger partial charge in [-0.3, -0.25) is 24.3 Å². The molecule has 0 saturated heterocycles. The molecule has 0 radical (unpaired) electrons. The van der Waals surface area contributed by atoms with Gasteiger partial charge in [-0.1, -0.05) is 0 Å². The summed E-state index contributed by atoms with van der Waals surface area (Å²) in [5.41, 5.74) is 0.949. The highest BCUT2D eigenvalue weighted by Gasteiger charge is 2.19. The molecule has 10 heteroatoms. The largest absolute Gasteiger partial charge is 0.338 e. The first-order valence-electron chi connectivity index (χ1n) is 6.96. The summed E-state index contributed by atoms with van der Waals surface area (Å²) in [6.45, 7) is 4.54. The third-order valence-corrected chi connectivity index (χ3v) is 4.00. The van der Waals surface area contributed by atoms with Gasteiger partial charge in [0.1, 0.15) is 18.4 Å². The summed E-state index contributed by atoms with van der Waals surface area (Å²) >= 11 is 3.42. The topological polar surface area (TPSA) is 99.1 Å². The first-order chi connectivity index (χ1) is 10.8. The third kappa shape index (κ3) is 3.95. The summed E-state index contributed by atoms with van der Waals surface area (Å²) in [5.74, 6) is -0.208. The lowest BCUT2D eigenvalue weighted by molar-refractivity contribution is -0.385. The Kier molecular flexibility index (Phi) is 5.14. The Morgan fingerprint density at radius 3 is 2.61 bits per heavy atom. The number of nitrogens with zero attached hydrogens (tertiary/aromatic N) is 6. The maximum atomic E-state index is 12.2. The number of hydrogen-bond acceptors (Lipinski definition) is 5. The summed E-state index contributed by atoms with van der Waals surface area (Å²) in [6.07, 6.45) is 3.12. The Morgan fingerprint density at radius 1 is 1.39 bits per heavy atom. The molecular formula is C13H17BrN6O3. The first-order valence-corrected chi connectivity index (χ1v) is 7.75. The molecule has 0 bridgehead atoms. The van der Waals surface area contributed by atoms with E-state index in [1.165, 1.54) is 22.7 Å². The van der Waals surface area contributed by atoms with Crippen LogP contribution in [0, 0.1) is 17.0 Å². The maximum absolute atomic E-state index is 12.2. The molecule has 2 aromatic rings. The van der Waals surface area contributed by atoms with Gasteiger partial charge in [-0.25, -0.2) is 0 Å². The molecule has 0 aliphatic rings. The monoisotopic (exact) mass is 384 g/mol. The lowest BCUT2D eigenvalue weighted by Crippen LogP contribution is -2.30. The van der Waals surface area contributed by atoms with Gasteiger partial charge in [0, 0.05) is 19.8 Å². The quantitative estimate of drug-likeness (QED) is 0.557. The minimum atomic E-state index is -0.512. The third-order valence-electron chi connectivity index (χ3n) is 3.34. The van der Waals surface area contributed by atoms with Crippen molar-refractivity contribution in [1.29, 1.82) is 0 Å².